The van der Waals surface area contributed by atoms with Gasteiger partial charge in [-0.05, 0) is 35.2 Å². The molecule has 0 fully saturated rings. The molecule has 0 saturated heterocycles. The molecule has 0 spiro atoms. The zero-order valence-corrected chi connectivity index (χ0v) is 14.7. The molecule has 1 aromatic heterocycles. The van der Waals surface area contributed by atoms with Crippen LogP contribution in [0.15, 0.2) is 91.0 Å². The van der Waals surface area contributed by atoms with Crippen molar-refractivity contribution in [2.45, 2.75) is 6.92 Å². The number of aromatic nitrogens is 1. The van der Waals surface area contributed by atoms with E-state index in [0.29, 0.717) is 0 Å². The number of aryl methyl sites for hydroxylation is 1. The summed E-state index contributed by atoms with van der Waals surface area (Å²) < 4.78 is 0. The number of hydrogen-bond acceptors (Lipinski definition) is 0. The average molecular weight is 333 g/mol. The van der Waals surface area contributed by atoms with E-state index in [1.807, 2.05) is 0 Å². The van der Waals surface area contributed by atoms with Crippen molar-refractivity contribution in [1.29, 1.82) is 0 Å². The monoisotopic (exact) mass is 333 g/mol. The third-order valence-corrected chi connectivity index (χ3v) is 5.17. The summed E-state index contributed by atoms with van der Waals surface area (Å²) in [5, 5.41) is 2.56. The van der Waals surface area contributed by atoms with Crippen LogP contribution in [0.4, 0.5) is 0 Å². The fourth-order valence-corrected chi connectivity index (χ4v) is 3.96. The summed E-state index contributed by atoms with van der Waals surface area (Å²) in [6.07, 6.45) is 0. The average Bonchev–Trinajstić information content (AvgIpc) is 3.07. The van der Waals surface area contributed by atoms with E-state index < -0.39 is 0 Å². The van der Waals surface area contributed by atoms with Crippen LogP contribution in [0.2, 0.25) is 0 Å². The summed E-state index contributed by atoms with van der Waals surface area (Å²) in [5.74, 6) is 0. The molecule has 0 amide bonds. The molecule has 0 bridgehead atoms. The minimum Gasteiger partial charge on any atom is -0.354 e. The number of benzene rings is 4. The lowest BCUT2D eigenvalue weighted by molar-refractivity contribution is 1.45. The van der Waals surface area contributed by atoms with Crippen LogP contribution in [0.1, 0.15) is 5.56 Å². The highest BCUT2D eigenvalue weighted by atomic mass is 14.7. The van der Waals surface area contributed by atoms with E-state index in [1.165, 1.54) is 49.6 Å². The first-order chi connectivity index (χ1) is 12.8. The van der Waals surface area contributed by atoms with E-state index in [9.17, 15) is 0 Å². The van der Waals surface area contributed by atoms with Gasteiger partial charge < -0.3 is 4.98 Å². The number of hydrogen-bond donors (Lipinski definition) is 1. The van der Waals surface area contributed by atoms with Crippen LogP contribution in [0.3, 0.4) is 0 Å². The number of para-hydroxylation sites is 2. The molecule has 0 radical (unpaired) electrons. The first-order valence-corrected chi connectivity index (χ1v) is 8.98. The van der Waals surface area contributed by atoms with Gasteiger partial charge in [-0.3, -0.25) is 0 Å². The van der Waals surface area contributed by atoms with Gasteiger partial charge in [-0.15, -0.1) is 0 Å². The summed E-state index contributed by atoms with van der Waals surface area (Å²) in [7, 11) is 0. The molecule has 4 aromatic carbocycles. The molecule has 1 N–H and O–H groups in total. The Morgan fingerprint density at radius 3 is 2.15 bits per heavy atom. The van der Waals surface area contributed by atoms with Crippen LogP contribution in [0, 0.1) is 6.92 Å². The van der Waals surface area contributed by atoms with E-state index in [2.05, 4.69) is 103 Å². The van der Waals surface area contributed by atoms with Crippen LogP contribution in [-0.2, 0) is 0 Å². The zero-order valence-electron chi connectivity index (χ0n) is 14.7. The fraction of sp³-hybridized carbons (Fsp3) is 0.0400. The third kappa shape index (κ3) is 2.25. The standard InChI is InChI=1S/C25H19N/c1-17-9-7-13-19(18-10-3-2-4-11-18)24(17)22-15-8-14-21-20-12-5-6-16-23(20)26-25(21)22/h2-16,26H,1H3. The quantitative estimate of drug-likeness (QED) is 0.359. The Morgan fingerprint density at radius 2 is 1.27 bits per heavy atom. The molecular formula is C25H19N. The first-order valence-electron chi connectivity index (χ1n) is 8.98. The smallest absolute Gasteiger partial charge is 0.0544 e. The molecule has 0 saturated carbocycles. The van der Waals surface area contributed by atoms with Gasteiger partial charge in [0.15, 0.2) is 0 Å². The number of aromatic amines is 1. The van der Waals surface area contributed by atoms with Gasteiger partial charge in [-0.25, -0.2) is 0 Å². The molecule has 0 aliphatic rings. The van der Waals surface area contributed by atoms with Gasteiger partial charge in [0.05, 0.1) is 5.52 Å². The molecule has 124 valence electrons. The third-order valence-electron chi connectivity index (χ3n) is 5.17. The predicted molar refractivity (Wildman–Crippen MR) is 111 cm³/mol. The molecule has 0 aliphatic carbocycles. The van der Waals surface area contributed by atoms with Crippen molar-refractivity contribution < 1.29 is 0 Å². The van der Waals surface area contributed by atoms with Gasteiger partial charge in [0, 0.05) is 21.9 Å². The van der Waals surface area contributed by atoms with E-state index >= 15 is 0 Å². The van der Waals surface area contributed by atoms with Crippen molar-refractivity contribution in [3.8, 4) is 22.3 Å². The highest BCUT2D eigenvalue weighted by Gasteiger charge is 2.15. The number of fused-ring (bicyclic) bond motifs is 3. The topological polar surface area (TPSA) is 15.8 Å². The summed E-state index contributed by atoms with van der Waals surface area (Å²) >= 11 is 0. The normalized spacial score (nSPS) is 11.3. The Kier molecular flexibility index (Phi) is 3.39. The molecular weight excluding hydrogens is 314 g/mol. The Morgan fingerprint density at radius 1 is 0.577 bits per heavy atom. The van der Waals surface area contributed by atoms with Gasteiger partial charge in [0.25, 0.3) is 0 Å². The number of nitrogens with one attached hydrogen (secondary N) is 1. The summed E-state index contributed by atoms with van der Waals surface area (Å²) in [4.78, 5) is 3.65. The van der Waals surface area contributed by atoms with Crippen molar-refractivity contribution in [2.75, 3.05) is 0 Å². The minimum atomic E-state index is 1.18. The van der Waals surface area contributed by atoms with Gasteiger partial charge >= 0.3 is 0 Å². The van der Waals surface area contributed by atoms with Gasteiger partial charge in [0.2, 0.25) is 0 Å². The van der Waals surface area contributed by atoms with Gasteiger partial charge in [-0.1, -0.05) is 84.9 Å². The van der Waals surface area contributed by atoms with Crippen LogP contribution >= 0.6 is 0 Å². The predicted octanol–water partition coefficient (Wildman–Crippen LogP) is 6.96. The number of H-pyrrole nitrogens is 1. The molecule has 0 unspecified atom stereocenters. The largest absolute Gasteiger partial charge is 0.354 e. The summed E-state index contributed by atoms with van der Waals surface area (Å²) in [6, 6.07) is 32.3. The Labute approximate surface area is 152 Å². The zero-order chi connectivity index (χ0) is 17.5. The maximum atomic E-state index is 3.65. The lowest BCUT2D eigenvalue weighted by Gasteiger charge is -2.14. The van der Waals surface area contributed by atoms with Gasteiger partial charge in [-0.2, -0.15) is 0 Å². The lowest BCUT2D eigenvalue weighted by atomic mass is 9.90. The molecule has 5 aromatic rings. The van der Waals surface area contributed by atoms with Crippen molar-refractivity contribution in [2.24, 2.45) is 0 Å². The Balaban J connectivity index is 1.87. The second-order valence-corrected chi connectivity index (χ2v) is 6.76. The second kappa shape index (κ2) is 5.89. The SMILES string of the molecule is Cc1cccc(-c2ccccc2)c1-c1cccc2c1[nH]c1ccccc12. The maximum absolute atomic E-state index is 3.65. The van der Waals surface area contributed by atoms with E-state index in [1.54, 1.807) is 0 Å². The molecule has 0 atom stereocenters. The highest BCUT2D eigenvalue weighted by Crippen LogP contribution is 2.39. The van der Waals surface area contributed by atoms with Crippen molar-refractivity contribution >= 4 is 21.8 Å². The molecule has 1 nitrogen and oxygen atoms in total. The van der Waals surface area contributed by atoms with E-state index in [4.69, 9.17) is 0 Å². The van der Waals surface area contributed by atoms with Gasteiger partial charge in [0.1, 0.15) is 0 Å². The van der Waals surface area contributed by atoms with Crippen molar-refractivity contribution in [3.05, 3.63) is 96.6 Å². The molecule has 1 heterocycles. The highest BCUT2D eigenvalue weighted by molar-refractivity contribution is 6.13. The summed E-state index contributed by atoms with van der Waals surface area (Å²) in [5.41, 5.74) is 8.77. The Hall–Kier alpha value is -3.32. The van der Waals surface area contributed by atoms with Crippen molar-refractivity contribution in [3.63, 3.8) is 0 Å². The van der Waals surface area contributed by atoms with E-state index in [-0.39, 0.29) is 0 Å². The first kappa shape index (κ1) is 15.0. The molecule has 26 heavy (non-hydrogen) atoms. The molecule has 1 heteroatoms. The fourth-order valence-electron chi connectivity index (χ4n) is 3.96. The lowest BCUT2D eigenvalue weighted by Crippen LogP contribution is -1.90. The van der Waals surface area contributed by atoms with E-state index in [0.717, 1.165) is 0 Å². The molecule has 5 rings (SSSR count). The molecule has 0 aliphatic heterocycles. The number of rotatable bonds is 2. The van der Waals surface area contributed by atoms with Crippen LogP contribution in [-0.4, -0.2) is 4.98 Å². The second-order valence-electron chi connectivity index (χ2n) is 6.76. The van der Waals surface area contributed by atoms with Crippen LogP contribution < -0.4 is 0 Å². The van der Waals surface area contributed by atoms with Crippen LogP contribution in [0.5, 0.6) is 0 Å². The summed E-state index contributed by atoms with van der Waals surface area (Å²) in [6.45, 7) is 2.20. The maximum Gasteiger partial charge on any atom is 0.0544 e. The minimum absolute atomic E-state index is 1.18. The Bertz CT molecular complexity index is 1230. The van der Waals surface area contributed by atoms with Crippen molar-refractivity contribution in [1.82, 2.24) is 4.98 Å². The van der Waals surface area contributed by atoms with Crippen LogP contribution in [0.25, 0.3) is 44.1 Å².